The van der Waals surface area contributed by atoms with E-state index in [0.717, 1.165) is 37.1 Å². The van der Waals surface area contributed by atoms with E-state index in [2.05, 4.69) is 24.1 Å². The van der Waals surface area contributed by atoms with Crippen LogP contribution in [0, 0.1) is 5.92 Å². The maximum absolute atomic E-state index is 5.31. The van der Waals surface area contributed by atoms with Gasteiger partial charge in [-0.2, -0.15) is 0 Å². The molecule has 76 valence electrons. The number of likely N-dealkylation sites (tertiary alicyclic amines) is 1. The van der Waals surface area contributed by atoms with Crippen LogP contribution in [0.4, 0.5) is 0 Å². The Hall–Kier alpha value is -0.310. The predicted octanol–water partition coefficient (Wildman–Crippen LogP) is 2.00. The van der Waals surface area contributed by atoms with Gasteiger partial charge in [0.15, 0.2) is 5.11 Å². The first-order valence-corrected chi connectivity index (χ1v) is 5.67. The van der Waals surface area contributed by atoms with Crippen molar-refractivity contribution in [1.82, 2.24) is 10.2 Å². The van der Waals surface area contributed by atoms with Gasteiger partial charge in [0.2, 0.25) is 0 Å². The third kappa shape index (κ3) is 3.51. The highest BCUT2D eigenvalue weighted by Gasteiger charge is 2.17. The lowest BCUT2D eigenvalue weighted by atomic mass is 10.0. The van der Waals surface area contributed by atoms with Gasteiger partial charge in [-0.25, -0.2) is 0 Å². The van der Waals surface area contributed by atoms with Crippen molar-refractivity contribution < 1.29 is 0 Å². The van der Waals surface area contributed by atoms with Gasteiger partial charge in [-0.3, -0.25) is 0 Å². The summed E-state index contributed by atoms with van der Waals surface area (Å²) in [5.74, 6) is 0.801. The fourth-order valence-electron chi connectivity index (χ4n) is 1.72. The number of hydrogen-bond acceptors (Lipinski definition) is 1. The molecule has 1 rings (SSSR count). The molecule has 1 aliphatic heterocycles. The summed E-state index contributed by atoms with van der Waals surface area (Å²) in [6.45, 7) is 7.74. The molecule has 3 heteroatoms. The summed E-state index contributed by atoms with van der Waals surface area (Å²) in [7, 11) is 0. The molecular weight excluding hydrogens is 180 g/mol. The maximum Gasteiger partial charge on any atom is 0.168 e. The lowest BCUT2D eigenvalue weighted by Crippen LogP contribution is -2.45. The average Bonchev–Trinajstić information content (AvgIpc) is 2.14. The second kappa shape index (κ2) is 5.43. The number of rotatable bonds is 2. The summed E-state index contributed by atoms with van der Waals surface area (Å²) >= 11 is 5.31. The Labute approximate surface area is 86.7 Å². The summed E-state index contributed by atoms with van der Waals surface area (Å²) in [4.78, 5) is 2.30. The quantitative estimate of drug-likeness (QED) is 0.686. The Bertz CT molecular complexity index is 170. The normalized spacial score (nSPS) is 22.9. The van der Waals surface area contributed by atoms with Crippen molar-refractivity contribution in [3.05, 3.63) is 0 Å². The van der Waals surface area contributed by atoms with Gasteiger partial charge in [-0.05, 0) is 37.4 Å². The summed E-state index contributed by atoms with van der Waals surface area (Å²) in [5.41, 5.74) is 0. The number of hydrogen-bond donors (Lipinski definition) is 1. The van der Waals surface area contributed by atoms with Gasteiger partial charge >= 0.3 is 0 Å². The van der Waals surface area contributed by atoms with E-state index in [1.54, 1.807) is 0 Å². The zero-order chi connectivity index (χ0) is 9.68. The van der Waals surface area contributed by atoms with E-state index in [1.807, 2.05) is 0 Å². The van der Waals surface area contributed by atoms with Crippen LogP contribution >= 0.6 is 12.2 Å². The average molecular weight is 200 g/mol. The Morgan fingerprint density at radius 3 is 3.00 bits per heavy atom. The number of thiocarbonyl (C=S) groups is 1. The Kier molecular flexibility index (Phi) is 4.50. The summed E-state index contributed by atoms with van der Waals surface area (Å²) in [6.07, 6.45) is 3.78. The van der Waals surface area contributed by atoms with Crippen molar-refractivity contribution in [2.24, 2.45) is 5.92 Å². The van der Waals surface area contributed by atoms with Crippen LogP contribution in [-0.4, -0.2) is 29.6 Å². The molecule has 1 N–H and O–H groups in total. The van der Waals surface area contributed by atoms with Crippen LogP contribution in [0.5, 0.6) is 0 Å². The Balaban J connectivity index is 2.28. The van der Waals surface area contributed by atoms with Crippen molar-refractivity contribution in [2.45, 2.75) is 33.1 Å². The second-order valence-electron chi connectivity index (χ2n) is 3.93. The van der Waals surface area contributed by atoms with E-state index in [1.165, 1.54) is 12.8 Å². The minimum atomic E-state index is 0.801. The van der Waals surface area contributed by atoms with Crippen LogP contribution in [0.15, 0.2) is 0 Å². The van der Waals surface area contributed by atoms with Gasteiger partial charge < -0.3 is 10.2 Å². The molecule has 13 heavy (non-hydrogen) atoms. The molecule has 1 heterocycles. The Morgan fingerprint density at radius 2 is 2.38 bits per heavy atom. The molecule has 0 radical (unpaired) electrons. The molecule has 1 unspecified atom stereocenters. The molecule has 0 amide bonds. The molecule has 0 bridgehead atoms. The van der Waals surface area contributed by atoms with Gasteiger partial charge in [0.1, 0.15) is 0 Å². The molecule has 1 atom stereocenters. The highest BCUT2D eigenvalue weighted by atomic mass is 32.1. The number of nitrogens with one attached hydrogen (secondary N) is 1. The molecule has 0 aromatic rings. The largest absolute Gasteiger partial charge is 0.363 e. The predicted molar refractivity (Wildman–Crippen MR) is 60.9 cm³/mol. The third-order valence-electron chi connectivity index (χ3n) is 2.47. The standard InChI is InChI=1S/C10H20N2S/c1-3-6-11-10(13)12-7-4-5-9(2)8-12/h9H,3-8H2,1-2H3,(H,11,13). The van der Waals surface area contributed by atoms with E-state index < -0.39 is 0 Å². The van der Waals surface area contributed by atoms with Crippen LogP contribution in [0.1, 0.15) is 33.1 Å². The molecule has 0 saturated carbocycles. The molecule has 0 aromatic carbocycles. The first kappa shape index (κ1) is 10.8. The van der Waals surface area contributed by atoms with Crippen molar-refractivity contribution in [3.8, 4) is 0 Å². The molecular formula is C10H20N2S. The fraction of sp³-hybridized carbons (Fsp3) is 0.900. The highest BCUT2D eigenvalue weighted by molar-refractivity contribution is 7.80. The summed E-state index contributed by atoms with van der Waals surface area (Å²) in [6, 6.07) is 0. The van der Waals surface area contributed by atoms with Gasteiger partial charge in [0, 0.05) is 19.6 Å². The molecule has 1 aliphatic rings. The van der Waals surface area contributed by atoms with Gasteiger partial charge in [0.25, 0.3) is 0 Å². The van der Waals surface area contributed by atoms with E-state index in [0.29, 0.717) is 0 Å². The summed E-state index contributed by atoms with van der Waals surface area (Å²) in [5, 5.41) is 4.23. The number of nitrogens with zero attached hydrogens (tertiary/aromatic N) is 1. The summed E-state index contributed by atoms with van der Waals surface area (Å²) < 4.78 is 0. The van der Waals surface area contributed by atoms with Gasteiger partial charge in [-0.1, -0.05) is 13.8 Å². The molecule has 0 aromatic heterocycles. The highest BCUT2D eigenvalue weighted by Crippen LogP contribution is 2.15. The van der Waals surface area contributed by atoms with Gasteiger partial charge in [-0.15, -0.1) is 0 Å². The SMILES string of the molecule is CCCNC(=S)N1CCCC(C)C1. The van der Waals surface area contributed by atoms with E-state index >= 15 is 0 Å². The zero-order valence-corrected chi connectivity index (χ0v) is 9.49. The molecule has 0 spiro atoms. The Morgan fingerprint density at radius 1 is 1.62 bits per heavy atom. The van der Waals surface area contributed by atoms with Crippen molar-refractivity contribution in [2.75, 3.05) is 19.6 Å². The van der Waals surface area contributed by atoms with Crippen LogP contribution in [0.25, 0.3) is 0 Å². The van der Waals surface area contributed by atoms with E-state index in [4.69, 9.17) is 12.2 Å². The third-order valence-corrected chi connectivity index (χ3v) is 2.87. The van der Waals surface area contributed by atoms with E-state index in [-0.39, 0.29) is 0 Å². The van der Waals surface area contributed by atoms with Gasteiger partial charge in [0.05, 0.1) is 0 Å². The first-order valence-electron chi connectivity index (χ1n) is 5.26. The lowest BCUT2D eigenvalue weighted by molar-refractivity contribution is 0.270. The molecule has 0 aliphatic carbocycles. The van der Waals surface area contributed by atoms with Crippen LogP contribution < -0.4 is 5.32 Å². The molecule has 2 nitrogen and oxygen atoms in total. The van der Waals surface area contributed by atoms with E-state index in [9.17, 15) is 0 Å². The second-order valence-corrected chi connectivity index (χ2v) is 4.31. The van der Waals surface area contributed by atoms with Crippen LogP contribution in [0.3, 0.4) is 0 Å². The van der Waals surface area contributed by atoms with Crippen molar-refractivity contribution in [1.29, 1.82) is 0 Å². The monoisotopic (exact) mass is 200 g/mol. The van der Waals surface area contributed by atoms with Crippen LogP contribution in [0.2, 0.25) is 0 Å². The molecule has 1 saturated heterocycles. The minimum absolute atomic E-state index is 0.801. The lowest BCUT2D eigenvalue weighted by Gasteiger charge is -2.33. The smallest absolute Gasteiger partial charge is 0.168 e. The molecule has 1 fully saturated rings. The fourth-order valence-corrected chi connectivity index (χ4v) is 1.99. The maximum atomic E-state index is 5.31. The topological polar surface area (TPSA) is 15.3 Å². The van der Waals surface area contributed by atoms with Crippen molar-refractivity contribution in [3.63, 3.8) is 0 Å². The number of piperidine rings is 1. The zero-order valence-electron chi connectivity index (χ0n) is 8.68. The van der Waals surface area contributed by atoms with Crippen LogP contribution in [-0.2, 0) is 0 Å². The first-order chi connectivity index (χ1) is 6.24. The van der Waals surface area contributed by atoms with Crippen molar-refractivity contribution >= 4 is 17.3 Å². The minimum Gasteiger partial charge on any atom is -0.363 e.